The van der Waals surface area contributed by atoms with E-state index < -0.39 is 9.75 Å². The van der Waals surface area contributed by atoms with E-state index in [1.165, 1.54) is 0 Å². The lowest BCUT2D eigenvalue weighted by atomic mass is 10.1. The minimum Gasteiger partial charge on any atom is -0.372 e. The predicted molar refractivity (Wildman–Crippen MR) is 63.8 cm³/mol. The Morgan fingerprint density at radius 2 is 1.75 bits per heavy atom. The zero-order valence-electron chi connectivity index (χ0n) is 9.80. The molecule has 16 heavy (non-hydrogen) atoms. The van der Waals surface area contributed by atoms with Crippen LogP contribution in [-0.2, 0) is 9.53 Å². The summed E-state index contributed by atoms with van der Waals surface area (Å²) < 4.78 is 4.71. The molecule has 0 aromatic heterocycles. The van der Waals surface area contributed by atoms with E-state index >= 15 is 0 Å². The van der Waals surface area contributed by atoms with Crippen LogP contribution in [0.15, 0.2) is 0 Å². The second-order valence-electron chi connectivity index (χ2n) is 5.18. The average Bonchev–Trinajstić information content (AvgIpc) is 2.64. The molecule has 2 rings (SSSR count). The molecule has 2 fully saturated rings. The summed E-state index contributed by atoms with van der Waals surface area (Å²) >= 11 is 12.0. The lowest BCUT2D eigenvalue weighted by molar-refractivity contribution is -0.148. The zero-order chi connectivity index (χ0) is 12.1. The summed E-state index contributed by atoms with van der Waals surface area (Å²) in [5, 5.41) is 0. The molecule has 0 spiro atoms. The third-order valence-corrected chi connectivity index (χ3v) is 4.54. The van der Waals surface area contributed by atoms with Crippen molar-refractivity contribution < 1.29 is 9.53 Å². The van der Waals surface area contributed by atoms with Gasteiger partial charge >= 0.3 is 0 Å². The van der Waals surface area contributed by atoms with Crippen LogP contribution in [0.5, 0.6) is 0 Å². The Morgan fingerprint density at radius 3 is 2.12 bits per heavy atom. The SMILES string of the molecule is C[C@H]1CN(C(=O)[C@]2(C)CC2(Cl)Cl)C[C@H](C)O1. The van der Waals surface area contributed by atoms with E-state index in [0.717, 1.165) is 0 Å². The average molecular weight is 266 g/mol. The first kappa shape index (κ1) is 12.5. The molecule has 1 saturated carbocycles. The van der Waals surface area contributed by atoms with E-state index in [9.17, 15) is 4.79 Å². The van der Waals surface area contributed by atoms with Crippen molar-refractivity contribution in [3.8, 4) is 0 Å². The Labute approximate surface area is 106 Å². The number of hydrogen-bond donors (Lipinski definition) is 0. The van der Waals surface area contributed by atoms with Gasteiger partial charge in [0.2, 0.25) is 5.91 Å². The third-order valence-electron chi connectivity index (χ3n) is 3.44. The van der Waals surface area contributed by atoms with Crippen LogP contribution in [0.3, 0.4) is 0 Å². The Kier molecular flexibility index (Phi) is 2.93. The Hall–Kier alpha value is 0.01000. The lowest BCUT2D eigenvalue weighted by Crippen LogP contribution is -2.50. The van der Waals surface area contributed by atoms with Gasteiger partial charge in [0.1, 0.15) is 4.33 Å². The van der Waals surface area contributed by atoms with Gasteiger partial charge in [0, 0.05) is 13.1 Å². The quantitative estimate of drug-likeness (QED) is 0.681. The summed E-state index contributed by atoms with van der Waals surface area (Å²) in [7, 11) is 0. The van der Waals surface area contributed by atoms with Gasteiger partial charge in [0.25, 0.3) is 0 Å². The highest BCUT2D eigenvalue weighted by Gasteiger charge is 2.68. The number of hydrogen-bond acceptors (Lipinski definition) is 2. The van der Waals surface area contributed by atoms with Crippen LogP contribution < -0.4 is 0 Å². The molecule has 1 saturated heterocycles. The van der Waals surface area contributed by atoms with Crippen molar-refractivity contribution >= 4 is 29.1 Å². The van der Waals surface area contributed by atoms with Crippen LogP contribution in [-0.4, -0.2) is 40.4 Å². The summed E-state index contributed by atoms with van der Waals surface area (Å²) in [6, 6.07) is 0. The molecule has 0 aromatic carbocycles. The zero-order valence-corrected chi connectivity index (χ0v) is 11.3. The molecule has 0 unspecified atom stereocenters. The fourth-order valence-corrected chi connectivity index (χ4v) is 3.02. The first-order valence-electron chi connectivity index (χ1n) is 5.59. The molecule has 0 aromatic rings. The Morgan fingerprint density at radius 1 is 1.31 bits per heavy atom. The number of amides is 1. The van der Waals surface area contributed by atoms with Gasteiger partial charge in [0.05, 0.1) is 17.6 Å². The monoisotopic (exact) mass is 265 g/mol. The summed E-state index contributed by atoms with van der Waals surface area (Å²) in [4.78, 5) is 14.1. The van der Waals surface area contributed by atoms with Crippen LogP contribution in [0.25, 0.3) is 0 Å². The predicted octanol–water partition coefficient (Wildman–Crippen LogP) is 2.21. The van der Waals surface area contributed by atoms with Gasteiger partial charge in [-0.05, 0) is 27.2 Å². The molecule has 3 atom stereocenters. The maximum Gasteiger partial charge on any atom is 0.231 e. The summed E-state index contributed by atoms with van der Waals surface area (Å²) in [6.45, 7) is 7.03. The maximum absolute atomic E-state index is 12.3. The van der Waals surface area contributed by atoms with E-state index in [4.69, 9.17) is 27.9 Å². The lowest BCUT2D eigenvalue weighted by Gasteiger charge is -2.37. The van der Waals surface area contributed by atoms with Crippen LogP contribution in [0.2, 0.25) is 0 Å². The fraction of sp³-hybridized carbons (Fsp3) is 0.909. The summed E-state index contributed by atoms with van der Waals surface area (Å²) in [5.74, 6) is 0.0551. The van der Waals surface area contributed by atoms with E-state index in [1.807, 2.05) is 25.7 Å². The molecule has 2 aliphatic rings. The topological polar surface area (TPSA) is 29.5 Å². The number of morpholine rings is 1. The van der Waals surface area contributed by atoms with Gasteiger partial charge in [-0.1, -0.05) is 0 Å². The van der Waals surface area contributed by atoms with Crippen LogP contribution in [0.1, 0.15) is 27.2 Å². The second-order valence-corrected chi connectivity index (χ2v) is 6.66. The van der Waals surface area contributed by atoms with Gasteiger partial charge in [-0.15, -0.1) is 23.2 Å². The third kappa shape index (κ3) is 1.93. The second kappa shape index (κ2) is 3.76. The summed E-state index contributed by atoms with van der Waals surface area (Å²) in [5.41, 5.74) is -0.604. The minimum absolute atomic E-state index is 0.0551. The van der Waals surface area contributed by atoms with Crippen molar-refractivity contribution in [3.63, 3.8) is 0 Å². The van der Waals surface area contributed by atoms with Gasteiger partial charge in [-0.25, -0.2) is 0 Å². The molecule has 1 amide bonds. The van der Waals surface area contributed by atoms with Crippen LogP contribution >= 0.6 is 23.2 Å². The van der Waals surface area contributed by atoms with Gasteiger partial charge < -0.3 is 9.64 Å². The van der Waals surface area contributed by atoms with E-state index in [1.54, 1.807) is 0 Å². The molecular weight excluding hydrogens is 249 g/mol. The van der Waals surface area contributed by atoms with Crippen LogP contribution in [0.4, 0.5) is 0 Å². The molecule has 1 aliphatic carbocycles. The molecule has 1 aliphatic heterocycles. The number of halogens is 2. The molecule has 92 valence electrons. The largest absolute Gasteiger partial charge is 0.372 e. The standard InChI is InChI=1S/C11H17Cl2NO2/c1-7-4-14(5-8(2)16-7)9(15)10(3)6-11(10,12)13/h7-8H,4-6H2,1-3H3/t7-,8-,10-/m0/s1. The molecular formula is C11H17Cl2NO2. The van der Waals surface area contributed by atoms with E-state index in [0.29, 0.717) is 19.5 Å². The molecule has 0 N–H and O–H groups in total. The molecule has 0 radical (unpaired) electrons. The van der Waals surface area contributed by atoms with Crippen molar-refractivity contribution in [3.05, 3.63) is 0 Å². The number of rotatable bonds is 1. The van der Waals surface area contributed by atoms with Crippen molar-refractivity contribution in [2.24, 2.45) is 5.41 Å². The van der Waals surface area contributed by atoms with Crippen molar-refractivity contribution in [2.45, 2.75) is 43.7 Å². The molecule has 5 heteroatoms. The smallest absolute Gasteiger partial charge is 0.231 e. The first-order valence-corrected chi connectivity index (χ1v) is 6.34. The molecule has 3 nitrogen and oxygen atoms in total. The maximum atomic E-state index is 12.3. The highest BCUT2D eigenvalue weighted by atomic mass is 35.5. The van der Waals surface area contributed by atoms with Crippen molar-refractivity contribution in [1.29, 1.82) is 0 Å². The van der Waals surface area contributed by atoms with Gasteiger partial charge in [0.15, 0.2) is 0 Å². The highest BCUT2D eigenvalue weighted by Crippen LogP contribution is 2.64. The number of carbonyl (C=O) groups is 1. The van der Waals surface area contributed by atoms with Gasteiger partial charge in [-0.2, -0.15) is 0 Å². The first-order chi connectivity index (χ1) is 7.26. The number of alkyl halides is 2. The van der Waals surface area contributed by atoms with Crippen molar-refractivity contribution in [1.82, 2.24) is 4.90 Å². The summed E-state index contributed by atoms with van der Waals surface area (Å²) in [6.07, 6.45) is 0.701. The molecule has 1 heterocycles. The van der Waals surface area contributed by atoms with Crippen LogP contribution in [0, 0.1) is 5.41 Å². The van der Waals surface area contributed by atoms with Gasteiger partial charge in [-0.3, -0.25) is 4.79 Å². The number of ether oxygens (including phenoxy) is 1. The minimum atomic E-state index is -0.880. The normalized spacial score (nSPS) is 41.9. The fourth-order valence-electron chi connectivity index (χ4n) is 2.32. The van der Waals surface area contributed by atoms with Crippen molar-refractivity contribution in [2.75, 3.05) is 13.1 Å². The van der Waals surface area contributed by atoms with E-state index in [-0.39, 0.29) is 18.1 Å². The number of nitrogens with zero attached hydrogens (tertiary/aromatic N) is 1. The van der Waals surface area contributed by atoms with E-state index in [2.05, 4.69) is 0 Å². The Bertz CT molecular complexity index is 311. The number of carbonyl (C=O) groups excluding carboxylic acids is 1. The highest BCUT2D eigenvalue weighted by molar-refractivity contribution is 6.53. The molecule has 0 bridgehead atoms. The Balaban J connectivity index is 2.06.